The van der Waals surface area contributed by atoms with Gasteiger partial charge in [0, 0.05) is 26.3 Å². The van der Waals surface area contributed by atoms with Crippen molar-refractivity contribution in [1.82, 2.24) is 4.90 Å². The first kappa shape index (κ1) is 38.8. The quantitative estimate of drug-likeness (QED) is 0.0802. The van der Waals surface area contributed by atoms with Gasteiger partial charge in [-0.3, -0.25) is 0 Å². The molecule has 236 valence electrons. The zero-order valence-corrected chi connectivity index (χ0v) is 27.2. The van der Waals surface area contributed by atoms with Crippen LogP contribution in [0.5, 0.6) is 0 Å². The summed E-state index contributed by atoms with van der Waals surface area (Å²) >= 11 is 0. The maximum atomic E-state index is 9.18. The number of nitrogens with zero attached hydrogens (tertiary/aromatic N) is 1. The molecule has 1 N–H and O–H groups in total. The zero-order chi connectivity index (χ0) is 28.5. The van der Waals surface area contributed by atoms with E-state index in [0.717, 1.165) is 32.7 Å². The van der Waals surface area contributed by atoms with E-state index in [1.165, 1.54) is 154 Å². The molecule has 0 aromatic carbocycles. The van der Waals surface area contributed by atoms with E-state index in [9.17, 15) is 5.11 Å². The molecule has 0 fully saturated rings. The maximum Gasteiger partial charge on any atom is 0.0820 e. The van der Waals surface area contributed by atoms with Crippen LogP contribution in [-0.2, 0) is 9.47 Å². The standard InChI is InChI=1S/C35H73NO3/c1-4-6-8-10-12-14-16-18-20-22-24-26-32-38-34-35(28-29-36(3)30-31-37)39-33-27-25-23-21-19-17-15-13-11-9-7-5-2/h35,37H,4-34H2,1-3H3. The Balaban J connectivity index is 3.74. The van der Waals surface area contributed by atoms with Gasteiger partial charge in [-0.15, -0.1) is 0 Å². The Bertz CT molecular complexity index is 434. The van der Waals surface area contributed by atoms with Crippen LogP contribution in [0, 0.1) is 0 Å². The topological polar surface area (TPSA) is 41.9 Å². The monoisotopic (exact) mass is 556 g/mol. The molecule has 39 heavy (non-hydrogen) atoms. The van der Waals surface area contributed by atoms with E-state index in [2.05, 4.69) is 25.8 Å². The summed E-state index contributed by atoms with van der Waals surface area (Å²) in [6, 6.07) is 0. The van der Waals surface area contributed by atoms with Crippen molar-refractivity contribution >= 4 is 0 Å². The molecule has 0 saturated carbocycles. The van der Waals surface area contributed by atoms with E-state index in [1.807, 2.05) is 0 Å². The Morgan fingerprint density at radius 1 is 0.513 bits per heavy atom. The molecule has 0 heterocycles. The molecule has 0 aliphatic carbocycles. The van der Waals surface area contributed by atoms with Crippen molar-refractivity contribution in [1.29, 1.82) is 0 Å². The van der Waals surface area contributed by atoms with Crippen molar-refractivity contribution in [2.24, 2.45) is 0 Å². The highest BCUT2D eigenvalue weighted by atomic mass is 16.5. The van der Waals surface area contributed by atoms with Gasteiger partial charge in [-0.05, 0) is 26.3 Å². The average molecular weight is 556 g/mol. The lowest BCUT2D eigenvalue weighted by Gasteiger charge is -2.22. The van der Waals surface area contributed by atoms with Crippen LogP contribution in [0.1, 0.15) is 174 Å². The molecular formula is C35H73NO3. The van der Waals surface area contributed by atoms with Crippen LogP contribution in [-0.4, -0.2) is 62.7 Å². The Morgan fingerprint density at radius 3 is 1.31 bits per heavy atom. The van der Waals surface area contributed by atoms with Gasteiger partial charge in [0.1, 0.15) is 0 Å². The number of unbranched alkanes of at least 4 members (excludes halogenated alkanes) is 22. The summed E-state index contributed by atoms with van der Waals surface area (Å²) in [6.45, 7) is 8.91. The first-order valence-corrected chi connectivity index (χ1v) is 17.7. The third-order valence-electron chi connectivity index (χ3n) is 8.11. The van der Waals surface area contributed by atoms with E-state index in [-0.39, 0.29) is 12.7 Å². The van der Waals surface area contributed by atoms with Gasteiger partial charge in [-0.2, -0.15) is 0 Å². The number of hydrogen-bond acceptors (Lipinski definition) is 4. The molecule has 0 aromatic heterocycles. The molecule has 0 aliphatic heterocycles. The van der Waals surface area contributed by atoms with E-state index in [1.54, 1.807) is 0 Å². The Hall–Kier alpha value is -0.160. The number of hydrogen-bond donors (Lipinski definition) is 1. The predicted octanol–water partition coefficient (Wildman–Crippen LogP) is 10.1. The van der Waals surface area contributed by atoms with E-state index in [4.69, 9.17) is 9.47 Å². The number of likely N-dealkylation sites (N-methyl/N-ethyl adjacent to an activating group) is 1. The van der Waals surface area contributed by atoms with E-state index in [0.29, 0.717) is 6.61 Å². The summed E-state index contributed by atoms with van der Waals surface area (Å²) < 4.78 is 12.3. The zero-order valence-electron chi connectivity index (χ0n) is 27.2. The van der Waals surface area contributed by atoms with Gasteiger partial charge in [0.2, 0.25) is 0 Å². The van der Waals surface area contributed by atoms with Crippen LogP contribution >= 0.6 is 0 Å². The third-order valence-corrected chi connectivity index (χ3v) is 8.11. The number of aliphatic hydroxyl groups excluding tert-OH is 1. The van der Waals surface area contributed by atoms with Crippen molar-refractivity contribution in [2.45, 2.75) is 180 Å². The van der Waals surface area contributed by atoms with Crippen LogP contribution in [0.4, 0.5) is 0 Å². The second-order valence-electron chi connectivity index (χ2n) is 12.2. The molecule has 1 atom stereocenters. The fourth-order valence-electron chi connectivity index (χ4n) is 5.31. The van der Waals surface area contributed by atoms with Gasteiger partial charge in [-0.25, -0.2) is 0 Å². The second kappa shape index (κ2) is 34.0. The van der Waals surface area contributed by atoms with Gasteiger partial charge in [-0.1, -0.05) is 155 Å². The smallest absolute Gasteiger partial charge is 0.0820 e. The summed E-state index contributed by atoms with van der Waals surface area (Å²) in [5, 5.41) is 9.18. The molecule has 0 aliphatic rings. The minimum Gasteiger partial charge on any atom is -0.395 e. The van der Waals surface area contributed by atoms with Gasteiger partial charge >= 0.3 is 0 Å². The largest absolute Gasteiger partial charge is 0.395 e. The van der Waals surface area contributed by atoms with Crippen LogP contribution in [0.25, 0.3) is 0 Å². The molecule has 4 heteroatoms. The summed E-state index contributed by atoms with van der Waals surface area (Å²) in [4.78, 5) is 2.19. The van der Waals surface area contributed by atoms with Crippen molar-refractivity contribution in [3.05, 3.63) is 0 Å². The average Bonchev–Trinajstić information content (AvgIpc) is 2.94. The molecule has 0 spiro atoms. The summed E-state index contributed by atoms with van der Waals surface area (Å²) in [5.41, 5.74) is 0. The molecule has 0 aromatic rings. The first-order valence-electron chi connectivity index (χ1n) is 17.7. The Labute approximate surface area is 246 Å². The molecule has 0 bridgehead atoms. The summed E-state index contributed by atoms with van der Waals surface area (Å²) in [5.74, 6) is 0. The molecule has 0 amide bonds. The normalized spacial score (nSPS) is 12.5. The van der Waals surface area contributed by atoms with Gasteiger partial charge in [0.05, 0.1) is 19.3 Å². The lowest BCUT2D eigenvalue weighted by atomic mass is 10.1. The molecule has 0 rings (SSSR count). The van der Waals surface area contributed by atoms with Crippen LogP contribution in [0.2, 0.25) is 0 Å². The van der Waals surface area contributed by atoms with Crippen LogP contribution < -0.4 is 0 Å². The van der Waals surface area contributed by atoms with Gasteiger partial charge < -0.3 is 19.5 Å². The Morgan fingerprint density at radius 2 is 0.897 bits per heavy atom. The SMILES string of the molecule is CCCCCCCCCCCCCCOCC(CCN(C)CCO)OCCCCCCCCCCCCCC. The first-order chi connectivity index (χ1) is 19.2. The number of ether oxygens (including phenoxy) is 2. The van der Waals surface area contributed by atoms with Crippen LogP contribution in [0.15, 0.2) is 0 Å². The highest BCUT2D eigenvalue weighted by Crippen LogP contribution is 2.14. The fraction of sp³-hybridized carbons (Fsp3) is 1.00. The highest BCUT2D eigenvalue weighted by Gasteiger charge is 2.11. The molecule has 1 unspecified atom stereocenters. The third kappa shape index (κ3) is 32.2. The Kier molecular flexibility index (Phi) is 33.9. The van der Waals surface area contributed by atoms with E-state index < -0.39 is 0 Å². The molecule has 4 nitrogen and oxygen atoms in total. The lowest BCUT2D eigenvalue weighted by molar-refractivity contribution is -0.0258. The molecular weight excluding hydrogens is 482 g/mol. The van der Waals surface area contributed by atoms with Crippen molar-refractivity contribution in [3.63, 3.8) is 0 Å². The molecule has 0 radical (unpaired) electrons. The van der Waals surface area contributed by atoms with Gasteiger partial charge in [0.25, 0.3) is 0 Å². The van der Waals surface area contributed by atoms with Crippen molar-refractivity contribution in [2.75, 3.05) is 46.6 Å². The number of rotatable bonds is 34. The minimum atomic E-state index is 0.177. The maximum absolute atomic E-state index is 9.18. The van der Waals surface area contributed by atoms with Crippen molar-refractivity contribution in [3.8, 4) is 0 Å². The lowest BCUT2D eigenvalue weighted by Crippen LogP contribution is -2.29. The fourth-order valence-corrected chi connectivity index (χ4v) is 5.31. The number of aliphatic hydroxyl groups is 1. The van der Waals surface area contributed by atoms with E-state index >= 15 is 0 Å². The summed E-state index contributed by atoms with van der Waals surface area (Å²) in [7, 11) is 2.08. The molecule has 0 saturated heterocycles. The van der Waals surface area contributed by atoms with Gasteiger partial charge in [0.15, 0.2) is 0 Å². The van der Waals surface area contributed by atoms with Crippen molar-refractivity contribution < 1.29 is 14.6 Å². The van der Waals surface area contributed by atoms with Crippen LogP contribution in [0.3, 0.4) is 0 Å². The predicted molar refractivity (Wildman–Crippen MR) is 172 cm³/mol. The minimum absolute atomic E-state index is 0.177. The summed E-state index contributed by atoms with van der Waals surface area (Å²) in [6.07, 6.45) is 34.2. The highest BCUT2D eigenvalue weighted by molar-refractivity contribution is 4.62. The second-order valence-corrected chi connectivity index (χ2v) is 12.2.